The molecule has 0 bridgehead atoms. The third kappa shape index (κ3) is 6.30. The number of hydrogen-bond donors (Lipinski definition) is 1. The maximum Gasteiger partial charge on any atom is 0.308 e. The Kier molecular flexibility index (Phi) is 10.5. The summed E-state index contributed by atoms with van der Waals surface area (Å²) in [6.07, 6.45) is 1.15. The summed E-state index contributed by atoms with van der Waals surface area (Å²) < 4.78 is 5.12. The summed E-state index contributed by atoms with van der Waals surface area (Å²) >= 11 is 0. The molecule has 132 valence electrons. The fourth-order valence-electron chi connectivity index (χ4n) is 2.98. The fraction of sp³-hybridized carbons (Fsp3) is 0.588. The summed E-state index contributed by atoms with van der Waals surface area (Å²) in [7, 11) is 0. The topological polar surface area (TPSA) is 41.6 Å². The molecule has 0 spiro atoms. The molecule has 1 aromatic carbocycles. The van der Waals surface area contributed by atoms with Gasteiger partial charge in [-0.1, -0.05) is 32.4 Å². The van der Waals surface area contributed by atoms with E-state index in [1.54, 1.807) is 0 Å². The Labute approximate surface area is 151 Å². The number of ether oxygens (including phenoxy) is 1. The molecule has 2 rings (SSSR count). The highest BCUT2D eigenvalue weighted by Crippen LogP contribution is 2.31. The molecule has 1 saturated heterocycles. The molecule has 6 heteroatoms. The third-order valence-electron chi connectivity index (χ3n) is 4.21. The van der Waals surface area contributed by atoms with Crippen molar-refractivity contribution in [2.75, 3.05) is 26.2 Å². The molecule has 0 saturated carbocycles. The van der Waals surface area contributed by atoms with Gasteiger partial charge in [0, 0.05) is 39.1 Å². The van der Waals surface area contributed by atoms with Crippen molar-refractivity contribution in [1.29, 1.82) is 0 Å². The lowest BCUT2D eigenvalue weighted by Gasteiger charge is -2.38. The zero-order chi connectivity index (χ0) is 15.2. The van der Waals surface area contributed by atoms with Gasteiger partial charge in [-0.05, 0) is 23.6 Å². The SMILES string of the molecule is CCC(C)[C@H](c1ccc(OC(C)=O)cc1)N1CCNCC1.Cl.Cl. The average Bonchev–Trinajstić information content (AvgIpc) is 2.49. The second-order valence-electron chi connectivity index (χ2n) is 5.78. The van der Waals surface area contributed by atoms with E-state index in [4.69, 9.17) is 4.74 Å². The minimum Gasteiger partial charge on any atom is -0.427 e. The van der Waals surface area contributed by atoms with Gasteiger partial charge in [-0.15, -0.1) is 24.8 Å². The van der Waals surface area contributed by atoms with Crippen LogP contribution in [0.15, 0.2) is 24.3 Å². The van der Waals surface area contributed by atoms with E-state index in [-0.39, 0.29) is 30.8 Å². The van der Waals surface area contributed by atoms with Gasteiger partial charge in [0.1, 0.15) is 5.75 Å². The quantitative estimate of drug-likeness (QED) is 0.643. The van der Waals surface area contributed by atoms with Crippen molar-refractivity contribution in [2.24, 2.45) is 5.92 Å². The summed E-state index contributed by atoms with van der Waals surface area (Å²) in [6, 6.07) is 8.42. The summed E-state index contributed by atoms with van der Waals surface area (Å²) in [4.78, 5) is 13.6. The van der Waals surface area contributed by atoms with Gasteiger partial charge in [0.15, 0.2) is 0 Å². The van der Waals surface area contributed by atoms with E-state index in [1.807, 2.05) is 12.1 Å². The van der Waals surface area contributed by atoms with Crippen LogP contribution in [0.5, 0.6) is 5.75 Å². The molecular formula is C17H28Cl2N2O2. The van der Waals surface area contributed by atoms with Crippen LogP contribution in [0, 0.1) is 5.92 Å². The molecule has 0 aliphatic carbocycles. The largest absolute Gasteiger partial charge is 0.427 e. The smallest absolute Gasteiger partial charge is 0.308 e. The van der Waals surface area contributed by atoms with Crippen molar-refractivity contribution in [3.05, 3.63) is 29.8 Å². The van der Waals surface area contributed by atoms with Gasteiger partial charge in [0.25, 0.3) is 0 Å². The van der Waals surface area contributed by atoms with Gasteiger partial charge in [-0.25, -0.2) is 0 Å². The first-order chi connectivity index (χ1) is 10.1. The molecule has 2 atom stereocenters. The van der Waals surface area contributed by atoms with Gasteiger partial charge in [-0.2, -0.15) is 0 Å². The van der Waals surface area contributed by atoms with Crippen molar-refractivity contribution in [3.63, 3.8) is 0 Å². The first kappa shape index (κ1) is 22.2. The lowest BCUT2D eigenvalue weighted by Crippen LogP contribution is -2.46. The maximum absolute atomic E-state index is 11.0. The molecule has 1 fully saturated rings. The van der Waals surface area contributed by atoms with E-state index in [1.165, 1.54) is 12.5 Å². The van der Waals surface area contributed by atoms with Gasteiger partial charge in [-0.3, -0.25) is 9.69 Å². The Bertz CT molecular complexity index is 462. The van der Waals surface area contributed by atoms with Crippen molar-refractivity contribution in [1.82, 2.24) is 10.2 Å². The molecular weight excluding hydrogens is 335 g/mol. The van der Waals surface area contributed by atoms with Crippen LogP contribution in [0.2, 0.25) is 0 Å². The lowest BCUT2D eigenvalue weighted by atomic mass is 9.90. The highest BCUT2D eigenvalue weighted by atomic mass is 35.5. The van der Waals surface area contributed by atoms with E-state index >= 15 is 0 Å². The molecule has 4 nitrogen and oxygen atoms in total. The molecule has 1 N–H and O–H groups in total. The van der Waals surface area contributed by atoms with Crippen LogP contribution in [-0.4, -0.2) is 37.0 Å². The molecule has 1 aliphatic rings. The normalized spacial score (nSPS) is 17.3. The van der Waals surface area contributed by atoms with Crippen molar-refractivity contribution in [2.45, 2.75) is 33.2 Å². The minimum absolute atomic E-state index is 0. The molecule has 1 aliphatic heterocycles. The van der Waals surface area contributed by atoms with Gasteiger partial charge in [0.2, 0.25) is 0 Å². The Morgan fingerprint density at radius 2 is 1.78 bits per heavy atom. The van der Waals surface area contributed by atoms with E-state index in [0.717, 1.165) is 32.6 Å². The highest BCUT2D eigenvalue weighted by molar-refractivity contribution is 5.85. The fourth-order valence-corrected chi connectivity index (χ4v) is 2.98. The Hall–Kier alpha value is -0.810. The number of esters is 1. The Morgan fingerprint density at radius 3 is 2.26 bits per heavy atom. The van der Waals surface area contributed by atoms with Crippen molar-refractivity contribution >= 4 is 30.8 Å². The van der Waals surface area contributed by atoms with Crippen LogP contribution < -0.4 is 10.1 Å². The predicted octanol–water partition coefficient (Wildman–Crippen LogP) is 3.45. The van der Waals surface area contributed by atoms with E-state index in [9.17, 15) is 4.79 Å². The second kappa shape index (κ2) is 10.9. The molecule has 1 unspecified atom stereocenters. The zero-order valence-electron chi connectivity index (χ0n) is 14.1. The highest BCUT2D eigenvalue weighted by Gasteiger charge is 2.26. The number of halogens is 2. The summed E-state index contributed by atoms with van der Waals surface area (Å²) in [5, 5.41) is 3.41. The molecule has 0 amide bonds. The van der Waals surface area contributed by atoms with Crippen LogP contribution in [-0.2, 0) is 4.79 Å². The Morgan fingerprint density at radius 1 is 1.22 bits per heavy atom. The number of hydrogen-bond acceptors (Lipinski definition) is 4. The number of benzene rings is 1. The molecule has 1 heterocycles. The molecule has 0 aromatic heterocycles. The number of carbonyl (C=O) groups is 1. The van der Waals surface area contributed by atoms with Crippen LogP contribution in [0.1, 0.15) is 38.8 Å². The number of nitrogens with zero attached hydrogens (tertiary/aromatic N) is 1. The van der Waals surface area contributed by atoms with E-state index in [0.29, 0.717) is 17.7 Å². The van der Waals surface area contributed by atoms with Gasteiger partial charge < -0.3 is 10.1 Å². The maximum atomic E-state index is 11.0. The van der Waals surface area contributed by atoms with Crippen LogP contribution >= 0.6 is 24.8 Å². The van der Waals surface area contributed by atoms with Crippen LogP contribution in [0.3, 0.4) is 0 Å². The van der Waals surface area contributed by atoms with Crippen molar-refractivity contribution in [3.8, 4) is 5.75 Å². The summed E-state index contributed by atoms with van der Waals surface area (Å²) in [6.45, 7) is 10.3. The van der Waals surface area contributed by atoms with E-state index in [2.05, 4.69) is 36.2 Å². The van der Waals surface area contributed by atoms with E-state index < -0.39 is 0 Å². The lowest BCUT2D eigenvalue weighted by molar-refractivity contribution is -0.131. The van der Waals surface area contributed by atoms with Crippen LogP contribution in [0.4, 0.5) is 0 Å². The Balaban J connectivity index is 0.00000242. The molecule has 0 radical (unpaired) electrons. The van der Waals surface area contributed by atoms with Crippen molar-refractivity contribution < 1.29 is 9.53 Å². The minimum atomic E-state index is -0.275. The summed E-state index contributed by atoms with van der Waals surface area (Å²) in [5.74, 6) is 0.945. The second-order valence-corrected chi connectivity index (χ2v) is 5.78. The standard InChI is InChI=1S/C17H26N2O2.2ClH/c1-4-13(2)17(19-11-9-18-10-12-19)15-5-7-16(8-6-15)21-14(3)20;;/h5-8,13,17-18H,4,9-12H2,1-3H3;2*1H/t13?,17-;;/m1../s1. The first-order valence-electron chi connectivity index (χ1n) is 7.85. The number of rotatable bonds is 5. The number of carbonyl (C=O) groups excluding carboxylic acids is 1. The van der Waals surface area contributed by atoms with Gasteiger partial charge in [0.05, 0.1) is 0 Å². The zero-order valence-corrected chi connectivity index (χ0v) is 15.7. The first-order valence-corrected chi connectivity index (χ1v) is 7.85. The number of nitrogens with one attached hydrogen (secondary N) is 1. The van der Waals surface area contributed by atoms with Gasteiger partial charge >= 0.3 is 5.97 Å². The molecule has 1 aromatic rings. The predicted molar refractivity (Wildman–Crippen MR) is 98.9 cm³/mol. The molecule has 23 heavy (non-hydrogen) atoms. The van der Waals surface area contributed by atoms with Crippen LogP contribution in [0.25, 0.3) is 0 Å². The monoisotopic (exact) mass is 362 g/mol. The third-order valence-corrected chi connectivity index (χ3v) is 4.21. The summed E-state index contributed by atoms with van der Waals surface area (Å²) in [5.41, 5.74) is 1.31. The number of piperazine rings is 1. The average molecular weight is 363 g/mol.